The molecule has 2 heterocycles. The molecule has 29 heavy (non-hydrogen) atoms. The molecule has 9 nitrogen and oxygen atoms in total. The number of benzene rings is 1. The van der Waals surface area contributed by atoms with Crippen LogP contribution in [-0.2, 0) is 16.6 Å². The van der Waals surface area contributed by atoms with Gasteiger partial charge in [-0.1, -0.05) is 16.8 Å². The maximum absolute atomic E-state index is 12.7. The van der Waals surface area contributed by atoms with Crippen LogP contribution in [0.15, 0.2) is 22.7 Å². The van der Waals surface area contributed by atoms with E-state index in [1.54, 1.807) is 25.2 Å². The van der Waals surface area contributed by atoms with Gasteiger partial charge in [-0.05, 0) is 31.0 Å². The number of amides is 1. The lowest BCUT2D eigenvalue weighted by molar-refractivity contribution is 0.0766. The third kappa shape index (κ3) is 5.06. The first-order valence-corrected chi connectivity index (χ1v) is 11.3. The molecule has 1 aromatic carbocycles. The molecule has 1 aliphatic heterocycles. The van der Waals surface area contributed by atoms with E-state index in [1.165, 1.54) is 22.6 Å². The second kappa shape index (κ2) is 8.68. The van der Waals surface area contributed by atoms with E-state index < -0.39 is 10.0 Å². The molecule has 0 aliphatic carbocycles. The second-order valence-corrected chi connectivity index (χ2v) is 9.41. The van der Waals surface area contributed by atoms with Crippen molar-refractivity contribution in [2.75, 3.05) is 33.5 Å². The first-order valence-electron chi connectivity index (χ1n) is 9.05. The predicted molar refractivity (Wildman–Crippen MR) is 106 cm³/mol. The molecule has 0 saturated carbocycles. The van der Waals surface area contributed by atoms with Crippen molar-refractivity contribution in [2.45, 2.75) is 25.3 Å². The molecule has 1 aliphatic rings. The Balaban J connectivity index is 1.64. The minimum Gasteiger partial charge on any atom is -0.496 e. The number of methoxy groups -OCH3 is 1. The van der Waals surface area contributed by atoms with Crippen molar-refractivity contribution in [2.24, 2.45) is 0 Å². The maximum atomic E-state index is 12.7. The molecule has 0 N–H and O–H groups in total. The molecule has 1 fully saturated rings. The number of aromatic nitrogens is 2. The Morgan fingerprint density at radius 1 is 1.38 bits per heavy atom. The number of carbonyl (C=O) groups is 1. The fraction of sp³-hybridized carbons (Fsp3) is 0.500. The standard InChI is InChI=1S/C18H23ClN4O5S/c1-22(18(24)14-5-4-13(19)10-15(14)27-2)11-16-20-17(21-28-16)12-6-8-23(9-7-12)29(3,25)26/h4-5,10,12H,6-9,11H2,1-3H3. The maximum Gasteiger partial charge on any atom is 0.257 e. The van der Waals surface area contributed by atoms with Gasteiger partial charge in [-0.3, -0.25) is 4.79 Å². The summed E-state index contributed by atoms with van der Waals surface area (Å²) in [6.45, 7) is 1.00. The third-order valence-electron chi connectivity index (χ3n) is 4.88. The number of carbonyl (C=O) groups excluding carboxylic acids is 1. The fourth-order valence-electron chi connectivity index (χ4n) is 3.27. The molecule has 1 amide bonds. The monoisotopic (exact) mass is 442 g/mol. The summed E-state index contributed by atoms with van der Waals surface area (Å²) in [5, 5.41) is 4.50. The molecular weight excluding hydrogens is 420 g/mol. The van der Waals surface area contributed by atoms with E-state index in [0.29, 0.717) is 54.0 Å². The highest BCUT2D eigenvalue weighted by atomic mass is 35.5. The molecule has 1 aromatic heterocycles. The third-order valence-corrected chi connectivity index (χ3v) is 6.42. The number of nitrogens with zero attached hydrogens (tertiary/aromatic N) is 4. The van der Waals surface area contributed by atoms with Gasteiger partial charge < -0.3 is 14.2 Å². The van der Waals surface area contributed by atoms with Crippen LogP contribution >= 0.6 is 11.6 Å². The van der Waals surface area contributed by atoms with E-state index in [9.17, 15) is 13.2 Å². The van der Waals surface area contributed by atoms with Crippen molar-refractivity contribution < 1.29 is 22.5 Å². The largest absolute Gasteiger partial charge is 0.496 e. The number of hydrogen-bond acceptors (Lipinski definition) is 7. The van der Waals surface area contributed by atoms with E-state index in [4.69, 9.17) is 20.9 Å². The van der Waals surface area contributed by atoms with Crippen LogP contribution < -0.4 is 4.74 Å². The summed E-state index contributed by atoms with van der Waals surface area (Å²) in [4.78, 5) is 18.6. The zero-order valence-electron chi connectivity index (χ0n) is 16.5. The molecule has 0 atom stereocenters. The number of sulfonamides is 1. The minimum atomic E-state index is -3.18. The van der Waals surface area contributed by atoms with E-state index in [2.05, 4.69) is 10.1 Å². The van der Waals surface area contributed by atoms with Gasteiger partial charge in [0.1, 0.15) is 5.75 Å². The zero-order chi connectivity index (χ0) is 21.2. The molecule has 0 bridgehead atoms. The van der Waals surface area contributed by atoms with Crippen LogP contribution in [0.1, 0.15) is 40.8 Å². The van der Waals surface area contributed by atoms with Crippen molar-refractivity contribution in [1.82, 2.24) is 19.3 Å². The first kappa shape index (κ1) is 21.5. The predicted octanol–water partition coefficient (Wildman–Crippen LogP) is 2.14. The van der Waals surface area contributed by atoms with E-state index >= 15 is 0 Å². The van der Waals surface area contributed by atoms with E-state index in [-0.39, 0.29) is 18.4 Å². The van der Waals surface area contributed by atoms with Gasteiger partial charge in [-0.15, -0.1) is 0 Å². The molecule has 1 saturated heterocycles. The van der Waals surface area contributed by atoms with Gasteiger partial charge in [-0.25, -0.2) is 12.7 Å². The molecule has 0 spiro atoms. The second-order valence-electron chi connectivity index (χ2n) is 6.99. The van der Waals surface area contributed by atoms with Gasteiger partial charge in [0.15, 0.2) is 5.82 Å². The molecule has 3 rings (SSSR count). The average molecular weight is 443 g/mol. The Labute approximate surface area is 174 Å². The van der Waals surface area contributed by atoms with Crippen LogP contribution in [0.3, 0.4) is 0 Å². The number of rotatable bonds is 6. The lowest BCUT2D eigenvalue weighted by Gasteiger charge is -2.28. The average Bonchev–Trinajstić information content (AvgIpc) is 3.15. The van der Waals surface area contributed by atoms with Crippen LogP contribution in [-0.4, -0.2) is 67.2 Å². The summed E-state index contributed by atoms with van der Waals surface area (Å²) in [5.74, 6) is 1.01. The van der Waals surface area contributed by atoms with Crippen molar-refractivity contribution in [3.63, 3.8) is 0 Å². The van der Waals surface area contributed by atoms with Gasteiger partial charge in [0.05, 0.1) is 25.5 Å². The fourth-order valence-corrected chi connectivity index (χ4v) is 4.30. The van der Waals surface area contributed by atoms with Crippen LogP contribution in [0.25, 0.3) is 0 Å². The number of piperidine rings is 1. The summed E-state index contributed by atoms with van der Waals surface area (Å²) in [6.07, 6.45) is 2.47. The molecular formula is C18H23ClN4O5S. The Morgan fingerprint density at radius 3 is 2.69 bits per heavy atom. The highest BCUT2D eigenvalue weighted by Gasteiger charge is 2.29. The van der Waals surface area contributed by atoms with Crippen molar-refractivity contribution in [3.8, 4) is 5.75 Å². The van der Waals surface area contributed by atoms with Crippen LogP contribution in [0.5, 0.6) is 5.75 Å². The SMILES string of the molecule is COc1cc(Cl)ccc1C(=O)N(C)Cc1nc(C2CCN(S(C)(=O)=O)CC2)no1. The number of hydrogen-bond donors (Lipinski definition) is 0. The number of ether oxygens (including phenoxy) is 1. The van der Waals surface area contributed by atoms with Gasteiger partial charge in [0.25, 0.3) is 5.91 Å². The summed E-state index contributed by atoms with van der Waals surface area (Å²) < 4.78 is 35.2. The summed E-state index contributed by atoms with van der Waals surface area (Å²) in [5.41, 5.74) is 0.382. The minimum absolute atomic E-state index is 0.0304. The summed E-state index contributed by atoms with van der Waals surface area (Å²) in [6, 6.07) is 4.81. The highest BCUT2D eigenvalue weighted by molar-refractivity contribution is 7.88. The number of halogens is 1. The smallest absolute Gasteiger partial charge is 0.257 e. The van der Waals surface area contributed by atoms with Gasteiger partial charge in [-0.2, -0.15) is 4.98 Å². The van der Waals surface area contributed by atoms with E-state index in [0.717, 1.165) is 0 Å². The van der Waals surface area contributed by atoms with Crippen LogP contribution in [0.2, 0.25) is 5.02 Å². The summed E-state index contributed by atoms with van der Waals surface area (Å²) in [7, 11) is -0.0764. The van der Waals surface area contributed by atoms with Crippen molar-refractivity contribution in [1.29, 1.82) is 0 Å². The lowest BCUT2D eigenvalue weighted by Crippen LogP contribution is -2.37. The zero-order valence-corrected chi connectivity index (χ0v) is 18.0. The quantitative estimate of drug-likeness (QED) is 0.674. The normalized spacial score (nSPS) is 16.0. The van der Waals surface area contributed by atoms with E-state index in [1.807, 2.05) is 0 Å². The van der Waals surface area contributed by atoms with Gasteiger partial charge in [0, 0.05) is 31.1 Å². The molecule has 158 valence electrons. The first-order chi connectivity index (χ1) is 13.7. The molecule has 2 aromatic rings. The molecule has 0 radical (unpaired) electrons. The van der Waals surface area contributed by atoms with Gasteiger partial charge >= 0.3 is 0 Å². The Hall–Kier alpha value is -2.17. The van der Waals surface area contributed by atoms with Crippen molar-refractivity contribution >= 4 is 27.5 Å². The Kier molecular flexibility index (Phi) is 6.45. The molecule has 0 unspecified atom stereocenters. The topological polar surface area (TPSA) is 106 Å². The highest BCUT2D eigenvalue weighted by Crippen LogP contribution is 2.28. The van der Waals surface area contributed by atoms with Gasteiger partial charge in [0.2, 0.25) is 15.9 Å². The molecule has 11 heteroatoms. The Morgan fingerprint density at radius 2 is 2.07 bits per heavy atom. The lowest BCUT2D eigenvalue weighted by atomic mass is 9.98. The van der Waals surface area contributed by atoms with Crippen LogP contribution in [0, 0.1) is 0 Å². The Bertz CT molecular complexity index is 986. The van der Waals surface area contributed by atoms with Crippen molar-refractivity contribution in [3.05, 3.63) is 40.5 Å². The van der Waals surface area contributed by atoms with Crippen LogP contribution in [0.4, 0.5) is 0 Å². The summed E-state index contributed by atoms with van der Waals surface area (Å²) >= 11 is 5.95.